The molecule has 5 heteroatoms. The highest BCUT2D eigenvalue weighted by molar-refractivity contribution is 6.29. The molecule has 0 unspecified atom stereocenters. The number of pyridine rings is 1. The summed E-state index contributed by atoms with van der Waals surface area (Å²) in [7, 11) is 0. The number of alkyl halides is 2. The maximum atomic E-state index is 12.3. The predicted molar refractivity (Wildman–Crippen MR) is 45.4 cm³/mol. The Hall–Kier alpha value is -0.900. The minimum atomic E-state index is -2.83. The molecule has 0 saturated heterocycles. The molecule has 0 N–H and O–H groups in total. The number of nitrogens with zero attached hydrogens (tertiary/aromatic N) is 1. The van der Waals surface area contributed by atoms with Crippen LogP contribution in [-0.4, -0.2) is 17.5 Å². The Morgan fingerprint density at radius 3 is 2.69 bits per heavy atom. The molecular formula is C8H8ClF2NO. The van der Waals surface area contributed by atoms with E-state index in [1.807, 2.05) is 0 Å². The van der Waals surface area contributed by atoms with E-state index in [4.69, 9.17) is 16.3 Å². The summed E-state index contributed by atoms with van der Waals surface area (Å²) in [6.07, 6.45) is 1.30. The van der Waals surface area contributed by atoms with E-state index in [-0.39, 0.29) is 5.75 Å². The molecule has 0 spiro atoms. The normalized spacial score (nSPS) is 11.4. The molecule has 0 bridgehead atoms. The molecule has 0 atom stereocenters. The molecule has 0 fully saturated rings. The van der Waals surface area contributed by atoms with Crippen LogP contribution in [0.5, 0.6) is 5.75 Å². The number of halogens is 3. The van der Waals surface area contributed by atoms with Crippen molar-refractivity contribution in [1.29, 1.82) is 0 Å². The molecule has 0 amide bonds. The lowest BCUT2D eigenvalue weighted by molar-refractivity contribution is -0.0230. The molecule has 0 saturated carbocycles. The van der Waals surface area contributed by atoms with Crippen molar-refractivity contribution in [2.45, 2.75) is 12.8 Å². The summed E-state index contributed by atoms with van der Waals surface area (Å²) in [6.45, 7) is 0.132. The zero-order chi connectivity index (χ0) is 9.90. The average Bonchev–Trinajstić information content (AvgIpc) is 2.02. The lowest BCUT2D eigenvalue weighted by atomic mass is 10.4. The van der Waals surface area contributed by atoms with Gasteiger partial charge in [-0.3, -0.25) is 0 Å². The average molecular weight is 208 g/mol. The van der Waals surface area contributed by atoms with Crippen molar-refractivity contribution >= 4 is 11.6 Å². The van der Waals surface area contributed by atoms with Crippen LogP contribution in [0.1, 0.15) is 6.92 Å². The van der Waals surface area contributed by atoms with Crippen molar-refractivity contribution < 1.29 is 13.5 Å². The number of hydrogen-bond acceptors (Lipinski definition) is 2. The second-order valence-electron chi connectivity index (χ2n) is 2.68. The molecule has 1 rings (SSSR count). The van der Waals surface area contributed by atoms with Gasteiger partial charge in [0.05, 0.1) is 6.20 Å². The lowest BCUT2D eigenvalue weighted by Gasteiger charge is -2.11. The zero-order valence-corrected chi connectivity index (χ0v) is 7.68. The summed E-state index contributed by atoms with van der Waals surface area (Å²) in [5.74, 6) is -2.55. The third-order valence-corrected chi connectivity index (χ3v) is 1.42. The van der Waals surface area contributed by atoms with Gasteiger partial charge in [-0.15, -0.1) is 0 Å². The zero-order valence-electron chi connectivity index (χ0n) is 6.93. The number of aromatic nitrogens is 1. The van der Waals surface area contributed by atoms with Gasteiger partial charge in [0.15, 0.2) is 6.61 Å². The van der Waals surface area contributed by atoms with Gasteiger partial charge in [0.1, 0.15) is 10.9 Å². The fourth-order valence-corrected chi connectivity index (χ4v) is 0.769. The second-order valence-corrected chi connectivity index (χ2v) is 3.06. The molecule has 1 aromatic heterocycles. The number of ether oxygens (including phenoxy) is 1. The molecule has 0 aromatic carbocycles. The third kappa shape index (κ3) is 4.03. The van der Waals surface area contributed by atoms with Gasteiger partial charge in [-0.25, -0.2) is 13.8 Å². The second kappa shape index (κ2) is 3.87. The van der Waals surface area contributed by atoms with Crippen LogP contribution in [-0.2, 0) is 0 Å². The molecule has 1 heterocycles. The monoisotopic (exact) mass is 207 g/mol. The van der Waals surface area contributed by atoms with Crippen molar-refractivity contribution in [1.82, 2.24) is 4.98 Å². The molecule has 1 aromatic rings. The first-order chi connectivity index (χ1) is 5.97. The van der Waals surface area contributed by atoms with E-state index in [0.717, 1.165) is 6.92 Å². The van der Waals surface area contributed by atoms with E-state index in [1.165, 1.54) is 18.3 Å². The fourth-order valence-electron chi connectivity index (χ4n) is 0.658. The Kier molecular flexibility index (Phi) is 3.03. The van der Waals surface area contributed by atoms with Gasteiger partial charge in [0.2, 0.25) is 0 Å². The Morgan fingerprint density at radius 1 is 1.54 bits per heavy atom. The smallest absolute Gasteiger partial charge is 0.278 e. The largest absolute Gasteiger partial charge is 0.486 e. The fraction of sp³-hybridized carbons (Fsp3) is 0.375. The maximum Gasteiger partial charge on any atom is 0.278 e. The van der Waals surface area contributed by atoms with E-state index >= 15 is 0 Å². The Balaban J connectivity index is 2.51. The van der Waals surface area contributed by atoms with Gasteiger partial charge >= 0.3 is 0 Å². The van der Waals surface area contributed by atoms with E-state index in [9.17, 15) is 8.78 Å². The molecular weight excluding hydrogens is 200 g/mol. The van der Waals surface area contributed by atoms with Gasteiger partial charge in [0.25, 0.3) is 5.92 Å². The first-order valence-electron chi connectivity index (χ1n) is 3.59. The van der Waals surface area contributed by atoms with Gasteiger partial charge < -0.3 is 4.74 Å². The molecule has 0 aliphatic rings. The Labute approximate surface area is 79.5 Å². The minimum absolute atomic E-state index is 0.283. The van der Waals surface area contributed by atoms with E-state index in [1.54, 1.807) is 0 Å². The molecule has 0 aliphatic carbocycles. The van der Waals surface area contributed by atoms with Crippen molar-refractivity contribution in [3.63, 3.8) is 0 Å². The van der Waals surface area contributed by atoms with Gasteiger partial charge in [-0.05, 0) is 12.1 Å². The molecule has 13 heavy (non-hydrogen) atoms. The summed E-state index contributed by atoms with van der Waals surface area (Å²) < 4.78 is 29.4. The highest BCUT2D eigenvalue weighted by Gasteiger charge is 2.21. The van der Waals surface area contributed by atoms with Crippen LogP contribution in [0.25, 0.3) is 0 Å². The van der Waals surface area contributed by atoms with Crippen LogP contribution in [0.15, 0.2) is 18.3 Å². The highest BCUT2D eigenvalue weighted by atomic mass is 35.5. The van der Waals surface area contributed by atoms with Crippen LogP contribution in [0.4, 0.5) is 8.78 Å². The Bertz CT molecular complexity index is 270. The van der Waals surface area contributed by atoms with E-state index < -0.39 is 12.5 Å². The van der Waals surface area contributed by atoms with Crippen molar-refractivity contribution in [2.24, 2.45) is 0 Å². The maximum absolute atomic E-state index is 12.3. The van der Waals surface area contributed by atoms with Gasteiger partial charge in [-0.1, -0.05) is 11.6 Å². The summed E-state index contributed by atoms with van der Waals surface area (Å²) in [4.78, 5) is 3.68. The standard InChI is InChI=1S/C8H8ClF2NO/c1-8(10,11)5-13-6-2-3-7(9)12-4-6/h2-4H,5H2,1H3. The Morgan fingerprint density at radius 2 is 2.23 bits per heavy atom. The molecule has 2 nitrogen and oxygen atoms in total. The third-order valence-electron chi connectivity index (χ3n) is 1.19. The lowest BCUT2D eigenvalue weighted by Crippen LogP contribution is -2.20. The first-order valence-corrected chi connectivity index (χ1v) is 3.97. The molecule has 0 aliphatic heterocycles. The van der Waals surface area contributed by atoms with Gasteiger partial charge in [-0.2, -0.15) is 0 Å². The van der Waals surface area contributed by atoms with E-state index in [0.29, 0.717) is 5.15 Å². The molecule has 72 valence electrons. The van der Waals surface area contributed by atoms with Crippen molar-refractivity contribution in [2.75, 3.05) is 6.61 Å². The van der Waals surface area contributed by atoms with Crippen molar-refractivity contribution in [3.05, 3.63) is 23.5 Å². The van der Waals surface area contributed by atoms with Gasteiger partial charge in [0, 0.05) is 6.92 Å². The summed E-state index contributed by atoms with van der Waals surface area (Å²) in [5, 5.41) is 0.301. The topological polar surface area (TPSA) is 22.1 Å². The van der Waals surface area contributed by atoms with Crippen LogP contribution in [0.3, 0.4) is 0 Å². The number of rotatable bonds is 3. The predicted octanol–water partition coefficient (Wildman–Crippen LogP) is 2.77. The molecule has 0 radical (unpaired) electrons. The van der Waals surface area contributed by atoms with Crippen LogP contribution in [0, 0.1) is 0 Å². The van der Waals surface area contributed by atoms with E-state index in [2.05, 4.69) is 4.98 Å². The summed E-state index contributed by atoms with van der Waals surface area (Å²) in [6, 6.07) is 2.96. The quantitative estimate of drug-likeness (QED) is 0.711. The van der Waals surface area contributed by atoms with Crippen molar-refractivity contribution in [3.8, 4) is 5.75 Å². The number of hydrogen-bond donors (Lipinski definition) is 0. The van der Waals surface area contributed by atoms with Crippen LogP contribution < -0.4 is 4.74 Å². The highest BCUT2D eigenvalue weighted by Crippen LogP contribution is 2.16. The van der Waals surface area contributed by atoms with Crippen LogP contribution in [0.2, 0.25) is 5.15 Å². The summed E-state index contributed by atoms with van der Waals surface area (Å²) in [5.41, 5.74) is 0. The van der Waals surface area contributed by atoms with Crippen LogP contribution >= 0.6 is 11.6 Å². The summed E-state index contributed by atoms with van der Waals surface area (Å²) >= 11 is 5.49. The first kappa shape index (κ1) is 10.2. The SMILES string of the molecule is CC(F)(F)COc1ccc(Cl)nc1. The minimum Gasteiger partial charge on any atom is -0.486 e.